The Labute approximate surface area is 164 Å². The molecule has 0 bridgehead atoms. The Balaban J connectivity index is 1.57. The number of nitrogens with zero attached hydrogens (tertiary/aromatic N) is 3. The van der Waals surface area contributed by atoms with Crippen molar-refractivity contribution in [3.05, 3.63) is 93.1 Å². The lowest BCUT2D eigenvalue weighted by Gasteiger charge is -2.04. The number of benzene rings is 2. The largest absolute Gasteiger partial charge is 0.439 e. The number of aromatic nitrogens is 1. The molecule has 8 nitrogen and oxygen atoms in total. The molecule has 1 amide bonds. The highest BCUT2D eigenvalue weighted by Gasteiger charge is 2.07. The number of hydrazone groups is 1. The molecule has 9 heteroatoms. The monoisotopic (exact) mass is 396 g/mol. The molecule has 2 aromatic carbocycles. The topological polar surface area (TPSA) is 107 Å². The predicted molar refractivity (Wildman–Crippen MR) is 104 cm³/mol. The average molecular weight is 397 g/mol. The highest BCUT2D eigenvalue weighted by Crippen LogP contribution is 2.21. The highest BCUT2D eigenvalue weighted by atomic mass is 35.5. The van der Waals surface area contributed by atoms with E-state index in [2.05, 4.69) is 15.5 Å². The van der Waals surface area contributed by atoms with Crippen LogP contribution in [-0.4, -0.2) is 22.0 Å². The summed E-state index contributed by atoms with van der Waals surface area (Å²) in [5, 5.41) is 15.0. The molecule has 3 rings (SSSR count). The lowest BCUT2D eigenvalue weighted by molar-refractivity contribution is -0.385. The zero-order chi connectivity index (χ0) is 19.9. The van der Waals surface area contributed by atoms with Gasteiger partial charge in [0.15, 0.2) is 0 Å². The molecule has 0 saturated carbocycles. The summed E-state index contributed by atoms with van der Waals surface area (Å²) in [6.45, 7) is 0. The van der Waals surface area contributed by atoms with Crippen LogP contribution in [-0.2, 0) is 0 Å². The van der Waals surface area contributed by atoms with Gasteiger partial charge in [0.25, 0.3) is 11.6 Å². The number of halogens is 1. The van der Waals surface area contributed by atoms with Crippen molar-refractivity contribution in [2.45, 2.75) is 0 Å². The molecule has 1 N–H and O–H groups in total. The number of hydrogen-bond donors (Lipinski definition) is 1. The Morgan fingerprint density at radius 1 is 1.18 bits per heavy atom. The zero-order valence-corrected chi connectivity index (χ0v) is 15.0. The van der Waals surface area contributed by atoms with Gasteiger partial charge in [-0.15, -0.1) is 0 Å². The van der Waals surface area contributed by atoms with Crippen molar-refractivity contribution in [3.63, 3.8) is 0 Å². The fourth-order valence-electron chi connectivity index (χ4n) is 2.14. The number of hydrogen-bond acceptors (Lipinski definition) is 6. The van der Waals surface area contributed by atoms with E-state index in [1.54, 1.807) is 48.5 Å². The van der Waals surface area contributed by atoms with E-state index in [4.69, 9.17) is 16.3 Å². The number of nitrogens with one attached hydrogen (secondary N) is 1. The van der Waals surface area contributed by atoms with E-state index in [0.717, 1.165) is 11.8 Å². The number of nitro groups is 1. The van der Waals surface area contributed by atoms with Gasteiger partial charge in [-0.05, 0) is 48.0 Å². The third-order valence-corrected chi connectivity index (χ3v) is 3.74. The van der Waals surface area contributed by atoms with Crippen molar-refractivity contribution in [1.82, 2.24) is 10.4 Å². The molecule has 0 aliphatic heterocycles. The minimum atomic E-state index is -0.532. The minimum Gasteiger partial charge on any atom is -0.439 e. The van der Waals surface area contributed by atoms with Gasteiger partial charge in [0.2, 0.25) is 5.88 Å². The van der Waals surface area contributed by atoms with Gasteiger partial charge in [0, 0.05) is 22.7 Å². The molecule has 0 aliphatic rings. The second-order valence-corrected chi connectivity index (χ2v) is 5.93. The molecule has 28 heavy (non-hydrogen) atoms. The SMILES string of the molecule is O=C(N/N=C\c1ccc(Oc2ccc([N+](=O)[O-])cn2)cc1)c1cccc(Cl)c1. The Morgan fingerprint density at radius 3 is 2.61 bits per heavy atom. The van der Waals surface area contributed by atoms with Crippen LogP contribution >= 0.6 is 11.6 Å². The van der Waals surface area contributed by atoms with Gasteiger partial charge < -0.3 is 4.74 Å². The molecular weight excluding hydrogens is 384 g/mol. The molecule has 0 unspecified atom stereocenters. The summed E-state index contributed by atoms with van der Waals surface area (Å²) in [5.41, 5.74) is 3.45. The second-order valence-electron chi connectivity index (χ2n) is 5.49. The number of pyridine rings is 1. The van der Waals surface area contributed by atoms with E-state index in [1.807, 2.05) is 0 Å². The Hall–Kier alpha value is -3.78. The van der Waals surface area contributed by atoms with Crippen LogP contribution < -0.4 is 10.2 Å². The number of ether oxygens (including phenoxy) is 1. The number of amides is 1. The first kappa shape index (κ1) is 19.0. The van der Waals surface area contributed by atoms with Gasteiger partial charge in [-0.25, -0.2) is 10.4 Å². The fourth-order valence-corrected chi connectivity index (χ4v) is 2.33. The molecule has 0 saturated heterocycles. The molecule has 1 heterocycles. The first-order valence-corrected chi connectivity index (χ1v) is 8.36. The van der Waals surface area contributed by atoms with E-state index in [9.17, 15) is 14.9 Å². The summed E-state index contributed by atoms with van der Waals surface area (Å²) >= 11 is 5.85. The van der Waals surface area contributed by atoms with Gasteiger partial charge in [0.1, 0.15) is 11.9 Å². The molecule has 0 spiro atoms. The van der Waals surface area contributed by atoms with Crippen LogP contribution in [0.15, 0.2) is 72.0 Å². The van der Waals surface area contributed by atoms with Crippen LogP contribution in [0.1, 0.15) is 15.9 Å². The molecular formula is C19H13ClN4O4. The predicted octanol–water partition coefficient (Wildman–Crippen LogP) is 4.20. The van der Waals surface area contributed by atoms with Crippen molar-refractivity contribution in [3.8, 4) is 11.6 Å². The normalized spacial score (nSPS) is 10.6. The van der Waals surface area contributed by atoms with Crippen molar-refractivity contribution in [2.75, 3.05) is 0 Å². The quantitative estimate of drug-likeness (QED) is 0.381. The smallest absolute Gasteiger partial charge is 0.287 e. The van der Waals surface area contributed by atoms with E-state index in [0.29, 0.717) is 16.3 Å². The van der Waals surface area contributed by atoms with Gasteiger partial charge in [-0.1, -0.05) is 17.7 Å². The third-order valence-electron chi connectivity index (χ3n) is 3.50. The lowest BCUT2D eigenvalue weighted by atomic mass is 10.2. The van der Waals surface area contributed by atoms with Crippen LogP contribution in [0.5, 0.6) is 11.6 Å². The van der Waals surface area contributed by atoms with Crippen LogP contribution in [0.3, 0.4) is 0 Å². The van der Waals surface area contributed by atoms with Gasteiger partial charge in [-0.2, -0.15) is 5.10 Å². The van der Waals surface area contributed by atoms with Gasteiger partial charge in [-0.3, -0.25) is 14.9 Å². The molecule has 0 atom stereocenters. The zero-order valence-electron chi connectivity index (χ0n) is 14.3. The Morgan fingerprint density at radius 2 is 1.96 bits per heavy atom. The fraction of sp³-hybridized carbons (Fsp3) is 0. The van der Waals surface area contributed by atoms with Crippen molar-refractivity contribution in [1.29, 1.82) is 0 Å². The van der Waals surface area contributed by atoms with Crippen LogP contribution in [0.4, 0.5) is 5.69 Å². The van der Waals surface area contributed by atoms with Gasteiger partial charge in [0.05, 0.1) is 11.1 Å². The van der Waals surface area contributed by atoms with Crippen molar-refractivity contribution < 1.29 is 14.5 Å². The van der Waals surface area contributed by atoms with E-state index in [-0.39, 0.29) is 17.5 Å². The van der Waals surface area contributed by atoms with E-state index < -0.39 is 4.92 Å². The first-order chi connectivity index (χ1) is 13.5. The van der Waals surface area contributed by atoms with Crippen LogP contribution in [0, 0.1) is 10.1 Å². The molecule has 140 valence electrons. The van der Waals surface area contributed by atoms with E-state index >= 15 is 0 Å². The number of carbonyl (C=O) groups excluding carboxylic acids is 1. The standard InChI is InChI=1S/C19H13ClN4O4/c20-15-3-1-2-14(10-15)19(25)23-22-11-13-4-7-17(8-5-13)28-18-9-6-16(12-21-18)24(26)27/h1-12H,(H,23,25)/b22-11-. The summed E-state index contributed by atoms with van der Waals surface area (Å²) in [5.74, 6) is 0.366. The molecule has 0 aliphatic carbocycles. The maximum Gasteiger partial charge on any atom is 0.287 e. The molecule has 0 fully saturated rings. The maximum atomic E-state index is 12.0. The summed E-state index contributed by atoms with van der Waals surface area (Å²) in [4.78, 5) is 25.9. The van der Waals surface area contributed by atoms with E-state index in [1.165, 1.54) is 18.3 Å². The lowest BCUT2D eigenvalue weighted by Crippen LogP contribution is -2.17. The van der Waals surface area contributed by atoms with Crippen LogP contribution in [0.2, 0.25) is 5.02 Å². The minimum absolute atomic E-state index is 0.112. The summed E-state index contributed by atoms with van der Waals surface area (Å²) < 4.78 is 5.52. The molecule has 3 aromatic rings. The first-order valence-electron chi connectivity index (χ1n) is 7.98. The summed E-state index contributed by atoms with van der Waals surface area (Å²) in [6.07, 6.45) is 2.61. The van der Waals surface area contributed by atoms with Crippen molar-refractivity contribution in [2.24, 2.45) is 5.10 Å². The van der Waals surface area contributed by atoms with Crippen molar-refractivity contribution >= 4 is 29.4 Å². The molecule has 0 radical (unpaired) electrons. The highest BCUT2D eigenvalue weighted by molar-refractivity contribution is 6.30. The number of carbonyl (C=O) groups is 1. The molecule has 1 aromatic heterocycles. The van der Waals surface area contributed by atoms with Gasteiger partial charge >= 0.3 is 0 Å². The number of rotatable bonds is 6. The third kappa shape index (κ3) is 5.12. The Bertz CT molecular complexity index is 1020. The summed E-state index contributed by atoms with van der Waals surface area (Å²) in [7, 11) is 0. The maximum absolute atomic E-state index is 12.0. The second kappa shape index (κ2) is 8.74. The Kier molecular flexibility index (Phi) is 5.93. The van der Waals surface area contributed by atoms with Crippen LogP contribution in [0.25, 0.3) is 0 Å². The summed E-state index contributed by atoms with van der Waals surface area (Å²) in [6, 6.07) is 16.1. The average Bonchev–Trinajstić information content (AvgIpc) is 2.69.